The molecule has 8 nitrogen and oxygen atoms in total. The van der Waals surface area contributed by atoms with E-state index < -0.39 is 12.1 Å². The van der Waals surface area contributed by atoms with E-state index in [0.29, 0.717) is 23.5 Å². The number of amides is 3. The summed E-state index contributed by atoms with van der Waals surface area (Å²) in [5, 5.41) is 10.9. The lowest BCUT2D eigenvalue weighted by Gasteiger charge is -2.11. The summed E-state index contributed by atoms with van der Waals surface area (Å²) >= 11 is 4.58. The van der Waals surface area contributed by atoms with Gasteiger partial charge in [-0.25, -0.2) is 9.59 Å². The molecule has 0 radical (unpaired) electrons. The number of nitrogens with two attached hydrogens (primary N) is 1. The average Bonchev–Trinajstić information content (AvgIpc) is 2.47. The first-order valence-electron chi connectivity index (χ1n) is 6.81. The molecule has 0 bridgehead atoms. The first-order chi connectivity index (χ1) is 10.8. The van der Waals surface area contributed by atoms with Gasteiger partial charge in [0.15, 0.2) is 5.11 Å². The number of nitrogens with one attached hydrogen (secondary N) is 3. The van der Waals surface area contributed by atoms with Gasteiger partial charge >= 0.3 is 12.1 Å². The van der Waals surface area contributed by atoms with Crippen LogP contribution in [0.25, 0.3) is 0 Å². The lowest BCUT2D eigenvalue weighted by Crippen LogP contribution is -2.38. The van der Waals surface area contributed by atoms with Crippen LogP contribution in [0.2, 0.25) is 0 Å². The molecule has 0 spiro atoms. The molecule has 9 heteroatoms. The van der Waals surface area contributed by atoms with Gasteiger partial charge in [-0.05, 0) is 50.2 Å². The van der Waals surface area contributed by atoms with E-state index in [1.165, 1.54) is 0 Å². The van der Waals surface area contributed by atoms with Crippen molar-refractivity contribution in [3.05, 3.63) is 23.8 Å². The Morgan fingerprint density at radius 1 is 1.35 bits per heavy atom. The molecule has 0 atom stereocenters. The summed E-state index contributed by atoms with van der Waals surface area (Å²) in [7, 11) is 0. The number of nitrogens with zero attached hydrogens (tertiary/aromatic N) is 1. The van der Waals surface area contributed by atoms with Gasteiger partial charge in [-0.3, -0.25) is 15.5 Å². The fourth-order valence-electron chi connectivity index (χ4n) is 1.42. The zero-order valence-electron chi connectivity index (χ0n) is 13.1. The minimum absolute atomic E-state index is 0.137. The summed E-state index contributed by atoms with van der Waals surface area (Å²) in [4.78, 5) is 27.9. The molecule has 0 aliphatic carbocycles. The summed E-state index contributed by atoms with van der Waals surface area (Å²) in [6, 6.07) is 4.41. The van der Waals surface area contributed by atoms with Gasteiger partial charge < -0.3 is 11.1 Å². The van der Waals surface area contributed by atoms with Crippen LogP contribution >= 0.6 is 12.2 Å². The van der Waals surface area contributed by atoms with E-state index >= 15 is 0 Å². The molecule has 3 amide bonds. The van der Waals surface area contributed by atoms with Crippen molar-refractivity contribution < 1.29 is 14.4 Å². The van der Waals surface area contributed by atoms with E-state index in [1.807, 2.05) is 6.92 Å². The molecule has 0 saturated carbocycles. The summed E-state index contributed by atoms with van der Waals surface area (Å²) in [6.45, 7) is 5.45. The highest BCUT2D eigenvalue weighted by Gasteiger charge is 2.08. The molecular weight excluding hydrogens is 318 g/mol. The quantitative estimate of drug-likeness (QED) is 0.292. The number of benzene rings is 1. The standard InChI is InChI=1S/C14H19N5O3S/c1-4-9(3)19-22-14(21)16-10-6-5-8(2)11(7-10)17-13(20)18-12(15)23/h5-7H,4H2,1-3H3,(H,16,21)(H4,15,17,18,20,23)/b19-9-. The maximum atomic E-state index is 11.6. The Kier molecular flexibility index (Phi) is 6.94. The molecule has 0 heterocycles. The third kappa shape index (κ3) is 6.74. The molecule has 0 aliphatic rings. The number of rotatable bonds is 4. The highest BCUT2D eigenvalue weighted by molar-refractivity contribution is 7.80. The highest BCUT2D eigenvalue weighted by atomic mass is 32.1. The number of urea groups is 1. The Balaban J connectivity index is 2.75. The number of thiocarbonyl (C=S) groups is 1. The third-order valence-electron chi connectivity index (χ3n) is 2.76. The van der Waals surface area contributed by atoms with E-state index in [4.69, 9.17) is 10.6 Å². The second-order valence-corrected chi connectivity index (χ2v) is 5.10. The van der Waals surface area contributed by atoms with Crippen LogP contribution in [0, 0.1) is 6.92 Å². The minimum Gasteiger partial charge on any atom is -0.376 e. The Morgan fingerprint density at radius 2 is 2.04 bits per heavy atom. The van der Waals surface area contributed by atoms with Crippen LogP contribution in [-0.4, -0.2) is 22.9 Å². The normalized spacial score (nSPS) is 10.7. The largest absolute Gasteiger partial charge is 0.437 e. The number of aryl methyl sites for hydroxylation is 1. The molecule has 0 fully saturated rings. The van der Waals surface area contributed by atoms with E-state index in [-0.39, 0.29) is 5.11 Å². The van der Waals surface area contributed by atoms with Crippen molar-refractivity contribution in [2.75, 3.05) is 10.6 Å². The number of hydrogen-bond donors (Lipinski definition) is 4. The van der Waals surface area contributed by atoms with Crippen LogP contribution in [0.3, 0.4) is 0 Å². The summed E-state index contributed by atoms with van der Waals surface area (Å²) in [6.07, 6.45) is -0.0375. The van der Waals surface area contributed by atoms with Gasteiger partial charge in [-0.2, -0.15) is 0 Å². The first-order valence-corrected chi connectivity index (χ1v) is 7.22. The Morgan fingerprint density at radius 3 is 2.65 bits per heavy atom. The van der Waals surface area contributed by atoms with E-state index in [9.17, 15) is 9.59 Å². The Hall–Kier alpha value is -2.68. The molecule has 0 saturated heterocycles. The Bertz CT molecular complexity index is 645. The molecule has 0 aliphatic heterocycles. The van der Waals surface area contributed by atoms with Crippen molar-refractivity contribution in [2.45, 2.75) is 27.2 Å². The molecule has 1 aromatic carbocycles. The lowest BCUT2D eigenvalue weighted by atomic mass is 10.2. The van der Waals surface area contributed by atoms with E-state index in [1.54, 1.807) is 32.0 Å². The summed E-state index contributed by atoms with van der Waals surface area (Å²) in [5.41, 5.74) is 7.64. The van der Waals surface area contributed by atoms with Gasteiger partial charge in [-0.1, -0.05) is 18.1 Å². The van der Waals surface area contributed by atoms with Gasteiger partial charge in [0.25, 0.3) is 0 Å². The smallest absolute Gasteiger partial charge is 0.376 e. The van der Waals surface area contributed by atoms with Crippen molar-refractivity contribution in [1.82, 2.24) is 5.32 Å². The van der Waals surface area contributed by atoms with Crippen molar-refractivity contribution in [1.29, 1.82) is 0 Å². The van der Waals surface area contributed by atoms with Crippen molar-refractivity contribution >= 4 is 46.5 Å². The van der Waals surface area contributed by atoms with E-state index in [0.717, 1.165) is 5.56 Å². The van der Waals surface area contributed by atoms with Crippen LogP contribution in [0.4, 0.5) is 21.0 Å². The molecule has 23 heavy (non-hydrogen) atoms. The predicted molar refractivity (Wildman–Crippen MR) is 93.6 cm³/mol. The van der Waals surface area contributed by atoms with Crippen LogP contribution < -0.4 is 21.7 Å². The van der Waals surface area contributed by atoms with Gasteiger partial charge in [0.05, 0.1) is 5.71 Å². The molecule has 0 aromatic heterocycles. The van der Waals surface area contributed by atoms with Crippen LogP contribution in [0.1, 0.15) is 25.8 Å². The number of oxime groups is 1. The van der Waals surface area contributed by atoms with Gasteiger partial charge in [0.2, 0.25) is 0 Å². The second kappa shape index (κ2) is 8.69. The number of anilines is 2. The average molecular weight is 337 g/mol. The van der Waals surface area contributed by atoms with Crippen LogP contribution in [0.15, 0.2) is 23.4 Å². The topological polar surface area (TPSA) is 118 Å². The van der Waals surface area contributed by atoms with Gasteiger partial charge in [-0.15, -0.1) is 0 Å². The van der Waals surface area contributed by atoms with E-state index in [2.05, 4.69) is 33.3 Å². The van der Waals surface area contributed by atoms with Crippen molar-refractivity contribution in [3.8, 4) is 0 Å². The molecule has 1 rings (SSSR count). The third-order valence-corrected chi connectivity index (χ3v) is 2.87. The molecule has 1 aromatic rings. The molecule has 124 valence electrons. The number of carbonyl (C=O) groups is 2. The SMILES string of the molecule is CC/C(C)=N\OC(=O)Nc1ccc(C)c(NC(=O)NC(N)=S)c1. The van der Waals surface area contributed by atoms with Crippen LogP contribution in [0.5, 0.6) is 0 Å². The predicted octanol–water partition coefficient (Wildman–Crippen LogP) is 2.69. The van der Waals surface area contributed by atoms with Crippen LogP contribution in [-0.2, 0) is 4.84 Å². The maximum absolute atomic E-state index is 11.6. The zero-order chi connectivity index (χ0) is 17.4. The number of carbonyl (C=O) groups excluding carboxylic acids is 2. The lowest BCUT2D eigenvalue weighted by molar-refractivity contribution is 0.166. The fraction of sp³-hybridized carbons (Fsp3) is 0.286. The molecule has 5 N–H and O–H groups in total. The maximum Gasteiger partial charge on any atom is 0.437 e. The fourth-order valence-corrected chi connectivity index (χ4v) is 1.52. The first kappa shape index (κ1) is 18.4. The minimum atomic E-state index is -0.722. The Labute approximate surface area is 139 Å². The van der Waals surface area contributed by atoms with Gasteiger partial charge in [0.1, 0.15) is 0 Å². The second-order valence-electron chi connectivity index (χ2n) is 4.66. The zero-order valence-corrected chi connectivity index (χ0v) is 13.9. The van der Waals surface area contributed by atoms with Gasteiger partial charge in [0, 0.05) is 11.4 Å². The summed E-state index contributed by atoms with van der Waals surface area (Å²) < 4.78 is 0. The summed E-state index contributed by atoms with van der Waals surface area (Å²) in [5.74, 6) is 0. The molecule has 0 unspecified atom stereocenters. The monoisotopic (exact) mass is 337 g/mol. The van der Waals surface area contributed by atoms with Crippen molar-refractivity contribution in [3.63, 3.8) is 0 Å². The molecular formula is C14H19N5O3S. The van der Waals surface area contributed by atoms with Crippen molar-refractivity contribution in [2.24, 2.45) is 10.9 Å². The highest BCUT2D eigenvalue weighted by Crippen LogP contribution is 2.20. The number of hydrogen-bond acceptors (Lipinski definition) is 5.